The summed E-state index contributed by atoms with van der Waals surface area (Å²) in [6.07, 6.45) is 3.12. The molecular formula is C13H15N3O4. The van der Waals surface area contributed by atoms with Crippen LogP contribution >= 0.6 is 0 Å². The van der Waals surface area contributed by atoms with Gasteiger partial charge in [-0.25, -0.2) is 4.79 Å². The lowest BCUT2D eigenvalue weighted by Crippen LogP contribution is -2.41. The number of nitrogens with zero attached hydrogens (tertiary/aromatic N) is 1. The number of nitrogens with two attached hydrogens (primary N) is 1. The van der Waals surface area contributed by atoms with Gasteiger partial charge < -0.3 is 14.6 Å². The molecule has 0 bridgehead atoms. The lowest BCUT2D eigenvalue weighted by Gasteiger charge is -2.18. The Balaban J connectivity index is 1.99. The maximum atomic E-state index is 11.6. The van der Waals surface area contributed by atoms with Crippen molar-refractivity contribution in [3.63, 3.8) is 0 Å². The smallest absolute Gasteiger partial charge is 0.318 e. The Hall–Kier alpha value is -2.54. The van der Waals surface area contributed by atoms with Gasteiger partial charge in [0.1, 0.15) is 11.5 Å². The van der Waals surface area contributed by atoms with Gasteiger partial charge in [0.2, 0.25) is 5.91 Å². The zero-order valence-corrected chi connectivity index (χ0v) is 10.7. The predicted octanol–water partition coefficient (Wildman–Crippen LogP) is 1.07. The lowest BCUT2D eigenvalue weighted by atomic mass is 10.3. The Morgan fingerprint density at radius 1 is 1.10 bits per heavy atom. The van der Waals surface area contributed by atoms with E-state index in [1.807, 2.05) is 5.32 Å². The summed E-state index contributed by atoms with van der Waals surface area (Å²) in [7, 11) is 0. The summed E-state index contributed by atoms with van der Waals surface area (Å²) in [5.41, 5.74) is 4.91. The van der Waals surface area contributed by atoms with Crippen LogP contribution < -0.4 is 11.1 Å². The molecule has 106 valence electrons. The van der Waals surface area contributed by atoms with Crippen LogP contribution in [0.2, 0.25) is 0 Å². The molecule has 0 aliphatic rings. The number of imide groups is 1. The van der Waals surface area contributed by atoms with Gasteiger partial charge in [-0.3, -0.25) is 15.0 Å². The van der Waals surface area contributed by atoms with Crippen LogP contribution in [-0.4, -0.2) is 23.4 Å². The van der Waals surface area contributed by atoms with E-state index in [1.54, 1.807) is 41.7 Å². The van der Waals surface area contributed by atoms with Gasteiger partial charge in [-0.15, -0.1) is 0 Å². The van der Waals surface area contributed by atoms with E-state index in [0.717, 1.165) is 0 Å². The number of carbonyl (C=O) groups excluding carboxylic acids is 2. The zero-order chi connectivity index (χ0) is 14.4. The van der Waals surface area contributed by atoms with Crippen molar-refractivity contribution in [1.29, 1.82) is 0 Å². The molecule has 2 aromatic rings. The largest absolute Gasteiger partial charge is 0.468 e. The third kappa shape index (κ3) is 4.29. The monoisotopic (exact) mass is 277 g/mol. The number of hydrogen-bond donors (Lipinski definition) is 2. The fourth-order valence-corrected chi connectivity index (χ4v) is 1.79. The highest BCUT2D eigenvalue weighted by molar-refractivity contribution is 5.94. The molecule has 3 amide bonds. The van der Waals surface area contributed by atoms with Crippen molar-refractivity contribution in [2.45, 2.75) is 13.1 Å². The van der Waals surface area contributed by atoms with Crippen LogP contribution in [0.25, 0.3) is 0 Å². The fourth-order valence-electron chi connectivity index (χ4n) is 1.79. The minimum atomic E-state index is -0.869. The Morgan fingerprint density at radius 3 is 2.05 bits per heavy atom. The van der Waals surface area contributed by atoms with E-state index in [-0.39, 0.29) is 6.54 Å². The number of amides is 3. The Labute approximate surface area is 115 Å². The highest BCUT2D eigenvalue weighted by Crippen LogP contribution is 2.10. The first-order valence-electron chi connectivity index (χ1n) is 6.00. The quantitative estimate of drug-likeness (QED) is 0.822. The van der Waals surface area contributed by atoms with Crippen LogP contribution in [0, 0.1) is 0 Å². The Bertz CT molecular complexity index is 512. The molecule has 0 aromatic carbocycles. The van der Waals surface area contributed by atoms with Crippen molar-refractivity contribution >= 4 is 11.9 Å². The SMILES string of the molecule is NC(=O)NC(=O)CN(Cc1ccco1)Cc1ccco1. The number of hydrogen-bond acceptors (Lipinski definition) is 5. The predicted molar refractivity (Wildman–Crippen MR) is 69.3 cm³/mol. The number of rotatable bonds is 6. The van der Waals surface area contributed by atoms with Crippen molar-refractivity contribution in [1.82, 2.24) is 10.2 Å². The molecule has 0 unspecified atom stereocenters. The molecule has 20 heavy (non-hydrogen) atoms. The normalized spacial score (nSPS) is 10.7. The summed E-state index contributed by atoms with van der Waals surface area (Å²) >= 11 is 0. The van der Waals surface area contributed by atoms with Crippen molar-refractivity contribution in [3.8, 4) is 0 Å². The maximum Gasteiger partial charge on any atom is 0.318 e. The van der Waals surface area contributed by atoms with Crippen molar-refractivity contribution in [2.75, 3.05) is 6.54 Å². The average molecular weight is 277 g/mol. The molecule has 0 aliphatic carbocycles. The van der Waals surface area contributed by atoms with Crippen LogP contribution in [0.3, 0.4) is 0 Å². The molecule has 0 spiro atoms. The van der Waals surface area contributed by atoms with E-state index < -0.39 is 11.9 Å². The molecule has 7 nitrogen and oxygen atoms in total. The second-order valence-electron chi connectivity index (χ2n) is 4.22. The molecule has 7 heteroatoms. The first kappa shape index (κ1) is 13.9. The van der Waals surface area contributed by atoms with Gasteiger partial charge in [-0.05, 0) is 24.3 Å². The second kappa shape index (κ2) is 6.58. The number of urea groups is 1. The third-order valence-electron chi connectivity index (χ3n) is 2.55. The number of primary amides is 1. The summed E-state index contributed by atoms with van der Waals surface area (Å²) in [6.45, 7) is 0.837. The third-order valence-corrected chi connectivity index (χ3v) is 2.55. The van der Waals surface area contributed by atoms with Gasteiger partial charge in [0, 0.05) is 0 Å². The molecule has 2 heterocycles. The Morgan fingerprint density at radius 2 is 1.65 bits per heavy atom. The van der Waals surface area contributed by atoms with Crippen LogP contribution in [0.5, 0.6) is 0 Å². The standard InChI is InChI=1S/C13H15N3O4/c14-13(18)15-12(17)9-16(7-10-3-1-5-19-10)8-11-4-2-6-20-11/h1-6H,7-9H2,(H3,14,15,17,18). The molecule has 3 N–H and O–H groups in total. The van der Waals surface area contributed by atoms with E-state index in [4.69, 9.17) is 14.6 Å². The number of furan rings is 2. The highest BCUT2D eigenvalue weighted by atomic mass is 16.3. The molecule has 0 radical (unpaired) electrons. The molecule has 2 rings (SSSR count). The topological polar surface area (TPSA) is 102 Å². The van der Waals surface area contributed by atoms with E-state index in [0.29, 0.717) is 24.6 Å². The first-order chi connectivity index (χ1) is 9.63. The second-order valence-corrected chi connectivity index (χ2v) is 4.22. The van der Waals surface area contributed by atoms with Gasteiger partial charge in [-0.1, -0.05) is 0 Å². The van der Waals surface area contributed by atoms with Crippen molar-refractivity contribution < 1.29 is 18.4 Å². The molecule has 0 aliphatic heterocycles. The van der Waals surface area contributed by atoms with Crippen LogP contribution in [0.4, 0.5) is 4.79 Å². The molecule has 2 aromatic heterocycles. The first-order valence-corrected chi connectivity index (χ1v) is 6.00. The van der Waals surface area contributed by atoms with E-state index in [9.17, 15) is 9.59 Å². The highest BCUT2D eigenvalue weighted by Gasteiger charge is 2.15. The van der Waals surface area contributed by atoms with Gasteiger partial charge in [-0.2, -0.15) is 0 Å². The minimum absolute atomic E-state index is 0.00431. The van der Waals surface area contributed by atoms with Gasteiger partial charge in [0.05, 0.1) is 32.2 Å². The molecule has 0 saturated carbocycles. The lowest BCUT2D eigenvalue weighted by molar-refractivity contribution is -0.121. The molecular weight excluding hydrogens is 262 g/mol. The molecule has 0 saturated heterocycles. The van der Waals surface area contributed by atoms with Crippen molar-refractivity contribution in [2.24, 2.45) is 5.73 Å². The summed E-state index contributed by atoms with van der Waals surface area (Å²) in [6, 6.07) is 6.28. The fraction of sp³-hybridized carbons (Fsp3) is 0.231. The van der Waals surface area contributed by atoms with Crippen LogP contribution in [0.15, 0.2) is 45.6 Å². The molecule has 0 fully saturated rings. The van der Waals surface area contributed by atoms with E-state index in [2.05, 4.69) is 0 Å². The zero-order valence-electron chi connectivity index (χ0n) is 10.7. The summed E-state index contributed by atoms with van der Waals surface area (Å²) < 4.78 is 10.5. The summed E-state index contributed by atoms with van der Waals surface area (Å²) in [4.78, 5) is 24.0. The van der Waals surface area contributed by atoms with Gasteiger partial charge in [0.25, 0.3) is 0 Å². The van der Waals surface area contributed by atoms with Gasteiger partial charge in [0.15, 0.2) is 0 Å². The van der Waals surface area contributed by atoms with Crippen molar-refractivity contribution in [3.05, 3.63) is 48.3 Å². The van der Waals surface area contributed by atoms with E-state index in [1.165, 1.54) is 0 Å². The maximum absolute atomic E-state index is 11.6. The van der Waals surface area contributed by atoms with Gasteiger partial charge >= 0.3 is 6.03 Å². The number of nitrogens with one attached hydrogen (secondary N) is 1. The van der Waals surface area contributed by atoms with Crippen LogP contribution in [-0.2, 0) is 17.9 Å². The van der Waals surface area contributed by atoms with Crippen LogP contribution in [0.1, 0.15) is 11.5 Å². The summed E-state index contributed by atoms with van der Waals surface area (Å²) in [5, 5.41) is 2.03. The number of carbonyl (C=O) groups is 2. The molecule has 0 atom stereocenters. The average Bonchev–Trinajstić information content (AvgIpc) is 3.00. The van der Waals surface area contributed by atoms with E-state index >= 15 is 0 Å². The minimum Gasteiger partial charge on any atom is -0.468 e. The summed E-state index contributed by atoms with van der Waals surface area (Å²) in [5.74, 6) is 0.947. The Kier molecular flexibility index (Phi) is 4.56.